The van der Waals surface area contributed by atoms with Crippen LogP contribution in [0.4, 0.5) is 11.6 Å². The first kappa shape index (κ1) is 17.1. The van der Waals surface area contributed by atoms with E-state index in [1.54, 1.807) is 18.2 Å². The highest BCUT2D eigenvalue weighted by molar-refractivity contribution is 7.85. The lowest BCUT2D eigenvalue weighted by molar-refractivity contribution is 0.379. The van der Waals surface area contributed by atoms with E-state index < -0.39 is 15.0 Å². The van der Waals surface area contributed by atoms with Crippen molar-refractivity contribution in [3.63, 3.8) is 0 Å². The van der Waals surface area contributed by atoms with E-state index in [2.05, 4.69) is 20.3 Å². The highest BCUT2D eigenvalue weighted by Crippen LogP contribution is 2.31. The number of phenols is 1. The number of anilines is 2. The number of phenolic OH excluding ortho intramolecular Hbond substituents is 1. The number of nitrogens with one attached hydrogen (secondary N) is 1. The molecule has 1 aromatic heterocycles. The van der Waals surface area contributed by atoms with Crippen LogP contribution in [0.1, 0.15) is 0 Å². The van der Waals surface area contributed by atoms with Gasteiger partial charge >= 0.3 is 6.01 Å². The van der Waals surface area contributed by atoms with Crippen LogP contribution in [-0.2, 0) is 10.1 Å². The topological polar surface area (TPSA) is 135 Å². The van der Waals surface area contributed by atoms with Crippen molar-refractivity contribution in [2.75, 3.05) is 12.4 Å². The summed E-state index contributed by atoms with van der Waals surface area (Å²) in [7, 11) is -3.03. The van der Waals surface area contributed by atoms with E-state index >= 15 is 0 Å². The average molecular weight is 383 g/mol. The average Bonchev–Trinajstić information content (AvgIpc) is 2.53. The summed E-state index contributed by atoms with van der Waals surface area (Å²) >= 11 is 5.77. The highest BCUT2D eigenvalue weighted by Gasteiger charge is 2.14. The number of benzene rings is 2. The van der Waals surface area contributed by atoms with Crippen molar-refractivity contribution in [3.05, 3.63) is 35.6 Å². The third kappa shape index (κ3) is 3.71. The Hall–Kier alpha value is -2.69. The Labute approximate surface area is 147 Å². The van der Waals surface area contributed by atoms with Crippen LogP contribution in [0.25, 0.3) is 10.8 Å². The van der Waals surface area contributed by atoms with E-state index in [1.807, 2.05) is 0 Å². The zero-order valence-corrected chi connectivity index (χ0v) is 14.2. The van der Waals surface area contributed by atoms with Crippen LogP contribution >= 0.6 is 11.6 Å². The molecule has 0 saturated carbocycles. The standard InChI is InChI=1S/C14H11ClN4O5S/c1-24-14-18-12(15)17-13(19-14)16-8-3-2-7-4-9(25(21,22)23)6-11(20)10(7)5-8/h2-6,20H,1H3,(H,21,22,23)(H,16,17,18,19). The molecule has 0 amide bonds. The van der Waals surface area contributed by atoms with Crippen LogP contribution in [-0.4, -0.2) is 40.1 Å². The second-order valence-electron chi connectivity index (χ2n) is 4.89. The number of hydrogen-bond acceptors (Lipinski definition) is 8. The Balaban J connectivity index is 2.02. The molecule has 0 aliphatic heterocycles. The monoisotopic (exact) mass is 382 g/mol. The molecule has 0 unspecified atom stereocenters. The Morgan fingerprint density at radius 1 is 1.16 bits per heavy atom. The summed E-state index contributed by atoms with van der Waals surface area (Å²) in [5.41, 5.74) is 0.506. The SMILES string of the molecule is COc1nc(Cl)nc(Nc2ccc3cc(S(=O)(=O)O)cc(O)c3c2)n1. The maximum absolute atomic E-state index is 11.2. The minimum Gasteiger partial charge on any atom is -0.507 e. The lowest BCUT2D eigenvalue weighted by atomic mass is 10.1. The first-order valence-electron chi connectivity index (χ1n) is 6.73. The number of aromatic nitrogens is 3. The summed E-state index contributed by atoms with van der Waals surface area (Å²) in [5.74, 6) is -0.176. The van der Waals surface area contributed by atoms with Gasteiger partial charge in [0, 0.05) is 17.1 Å². The molecule has 0 fully saturated rings. The van der Waals surface area contributed by atoms with Gasteiger partial charge in [-0.05, 0) is 35.2 Å². The van der Waals surface area contributed by atoms with E-state index in [-0.39, 0.29) is 23.0 Å². The van der Waals surface area contributed by atoms with Crippen LogP contribution in [0, 0.1) is 0 Å². The zero-order chi connectivity index (χ0) is 18.2. The van der Waals surface area contributed by atoms with Crippen molar-refractivity contribution in [1.82, 2.24) is 15.0 Å². The third-order valence-electron chi connectivity index (χ3n) is 3.23. The molecular formula is C14H11ClN4O5S. The molecule has 0 bridgehead atoms. The lowest BCUT2D eigenvalue weighted by Crippen LogP contribution is -2.02. The Kier molecular flexibility index (Phi) is 4.33. The van der Waals surface area contributed by atoms with Gasteiger partial charge < -0.3 is 15.2 Å². The van der Waals surface area contributed by atoms with Gasteiger partial charge in [0.05, 0.1) is 12.0 Å². The third-order valence-corrected chi connectivity index (χ3v) is 4.23. The van der Waals surface area contributed by atoms with E-state index in [0.717, 1.165) is 6.07 Å². The van der Waals surface area contributed by atoms with Gasteiger partial charge in [-0.2, -0.15) is 23.4 Å². The Morgan fingerprint density at radius 3 is 2.60 bits per heavy atom. The normalized spacial score (nSPS) is 11.5. The minimum absolute atomic E-state index is 0.0314. The zero-order valence-electron chi connectivity index (χ0n) is 12.6. The Morgan fingerprint density at radius 2 is 1.92 bits per heavy atom. The van der Waals surface area contributed by atoms with Crippen LogP contribution in [0.3, 0.4) is 0 Å². The molecule has 3 N–H and O–H groups in total. The van der Waals surface area contributed by atoms with Crippen LogP contribution < -0.4 is 10.1 Å². The van der Waals surface area contributed by atoms with Gasteiger partial charge in [0.25, 0.3) is 10.1 Å². The minimum atomic E-state index is -4.42. The molecule has 130 valence electrons. The number of ether oxygens (including phenoxy) is 1. The van der Waals surface area contributed by atoms with Crippen molar-refractivity contribution in [3.8, 4) is 11.8 Å². The molecule has 9 nitrogen and oxygen atoms in total. The van der Waals surface area contributed by atoms with Gasteiger partial charge in [-0.1, -0.05) is 6.07 Å². The fraction of sp³-hybridized carbons (Fsp3) is 0.0714. The molecule has 2 aromatic carbocycles. The quantitative estimate of drug-likeness (QED) is 0.581. The van der Waals surface area contributed by atoms with Gasteiger partial charge in [0.15, 0.2) is 0 Å². The van der Waals surface area contributed by atoms with Gasteiger partial charge in [-0.3, -0.25) is 4.55 Å². The molecule has 11 heteroatoms. The summed E-state index contributed by atoms with van der Waals surface area (Å²) in [4.78, 5) is 11.2. The molecule has 1 heterocycles. The van der Waals surface area contributed by atoms with Crippen LogP contribution in [0.15, 0.2) is 35.2 Å². The van der Waals surface area contributed by atoms with Crippen molar-refractivity contribution < 1.29 is 22.8 Å². The van der Waals surface area contributed by atoms with Crippen molar-refractivity contribution in [2.45, 2.75) is 4.90 Å². The second kappa shape index (κ2) is 6.31. The predicted molar refractivity (Wildman–Crippen MR) is 90.1 cm³/mol. The first-order chi connectivity index (χ1) is 11.8. The maximum Gasteiger partial charge on any atom is 0.322 e. The summed E-state index contributed by atoms with van der Waals surface area (Å²) in [6, 6.07) is 6.97. The number of nitrogens with zero attached hydrogens (tertiary/aromatic N) is 3. The number of rotatable bonds is 4. The molecule has 0 aliphatic carbocycles. The molecule has 3 aromatic rings. The Bertz CT molecular complexity index is 1070. The summed E-state index contributed by atoms with van der Waals surface area (Å²) < 4.78 is 36.4. The fourth-order valence-electron chi connectivity index (χ4n) is 2.15. The second-order valence-corrected chi connectivity index (χ2v) is 6.65. The molecule has 0 radical (unpaired) electrons. The summed E-state index contributed by atoms with van der Waals surface area (Å²) in [5, 5.41) is 13.7. The molecule has 0 spiro atoms. The van der Waals surface area contributed by atoms with Crippen molar-refractivity contribution in [2.24, 2.45) is 0 Å². The first-order valence-corrected chi connectivity index (χ1v) is 8.55. The number of methoxy groups -OCH3 is 1. The molecule has 0 aliphatic rings. The molecule has 0 saturated heterocycles. The smallest absolute Gasteiger partial charge is 0.322 e. The summed E-state index contributed by atoms with van der Waals surface area (Å²) in [6.45, 7) is 0. The maximum atomic E-state index is 11.2. The summed E-state index contributed by atoms with van der Waals surface area (Å²) in [6.07, 6.45) is 0. The predicted octanol–water partition coefficient (Wildman–Crippen LogP) is 2.38. The van der Waals surface area contributed by atoms with Gasteiger partial charge in [-0.25, -0.2) is 0 Å². The number of aromatic hydroxyl groups is 1. The van der Waals surface area contributed by atoms with E-state index in [1.165, 1.54) is 13.2 Å². The van der Waals surface area contributed by atoms with E-state index in [9.17, 15) is 13.5 Å². The molecule has 3 rings (SSSR count). The van der Waals surface area contributed by atoms with Gasteiger partial charge in [0.2, 0.25) is 11.2 Å². The number of fused-ring (bicyclic) bond motifs is 1. The van der Waals surface area contributed by atoms with Gasteiger partial charge in [0.1, 0.15) is 5.75 Å². The van der Waals surface area contributed by atoms with Crippen LogP contribution in [0.5, 0.6) is 11.8 Å². The molecule has 0 atom stereocenters. The van der Waals surface area contributed by atoms with Gasteiger partial charge in [-0.15, -0.1) is 0 Å². The molecule has 25 heavy (non-hydrogen) atoms. The van der Waals surface area contributed by atoms with Crippen LogP contribution in [0.2, 0.25) is 5.28 Å². The fourth-order valence-corrected chi connectivity index (χ4v) is 2.84. The highest BCUT2D eigenvalue weighted by atomic mass is 35.5. The molecular weight excluding hydrogens is 372 g/mol. The van der Waals surface area contributed by atoms with Crippen molar-refractivity contribution in [1.29, 1.82) is 0 Å². The number of halogens is 1. The van der Waals surface area contributed by atoms with E-state index in [0.29, 0.717) is 16.5 Å². The van der Waals surface area contributed by atoms with E-state index in [4.69, 9.17) is 20.9 Å². The van der Waals surface area contributed by atoms with Crippen molar-refractivity contribution >= 4 is 44.1 Å². The lowest BCUT2D eigenvalue weighted by Gasteiger charge is -2.09. The number of hydrogen-bond donors (Lipinski definition) is 3. The largest absolute Gasteiger partial charge is 0.507 e.